The van der Waals surface area contributed by atoms with Crippen LogP contribution in [0.2, 0.25) is 10.0 Å². The summed E-state index contributed by atoms with van der Waals surface area (Å²) in [4.78, 5) is 13.8. The van der Waals surface area contributed by atoms with Gasteiger partial charge in [-0.25, -0.2) is 0 Å². The number of halogens is 2. The maximum absolute atomic E-state index is 12.4. The SMILES string of the molecule is CN(C(=O)c1csnn1)C1c2cc(Cl)cc(Cl)c2CC1O. The molecule has 1 aliphatic rings. The summed E-state index contributed by atoms with van der Waals surface area (Å²) in [5, 5.41) is 16.6. The number of carbonyl (C=O) groups excluding carboxylic acids is 1. The molecule has 3 rings (SSSR count). The Morgan fingerprint density at radius 3 is 2.90 bits per heavy atom. The van der Waals surface area contributed by atoms with Crippen LogP contribution in [-0.4, -0.2) is 38.7 Å². The Morgan fingerprint density at radius 1 is 1.48 bits per heavy atom. The average molecular weight is 344 g/mol. The predicted octanol–water partition coefficient (Wildman–Crippen LogP) is 2.58. The molecule has 1 aromatic heterocycles. The number of hydrogen-bond acceptors (Lipinski definition) is 5. The number of aliphatic hydroxyl groups is 1. The number of rotatable bonds is 2. The van der Waals surface area contributed by atoms with Crippen molar-refractivity contribution in [1.29, 1.82) is 0 Å². The lowest BCUT2D eigenvalue weighted by molar-refractivity contribution is 0.0492. The van der Waals surface area contributed by atoms with Gasteiger partial charge in [0.2, 0.25) is 0 Å². The first-order valence-electron chi connectivity index (χ1n) is 6.19. The Bertz CT molecular complexity index is 693. The second kappa shape index (κ2) is 5.53. The van der Waals surface area contributed by atoms with Gasteiger partial charge in [0.1, 0.15) is 0 Å². The quantitative estimate of drug-likeness (QED) is 0.909. The number of hydrogen-bond donors (Lipinski definition) is 1. The van der Waals surface area contributed by atoms with Gasteiger partial charge in [-0.3, -0.25) is 4.79 Å². The minimum atomic E-state index is -0.725. The summed E-state index contributed by atoms with van der Waals surface area (Å²) in [6.07, 6.45) is -0.334. The van der Waals surface area contributed by atoms with E-state index in [-0.39, 0.29) is 11.6 Å². The third-order valence-corrected chi connectivity index (χ3v) is 4.67. The van der Waals surface area contributed by atoms with E-state index in [0.29, 0.717) is 16.5 Å². The second-order valence-electron chi connectivity index (χ2n) is 4.88. The van der Waals surface area contributed by atoms with E-state index in [4.69, 9.17) is 23.2 Å². The molecule has 0 spiro atoms. The molecule has 0 bridgehead atoms. The van der Waals surface area contributed by atoms with Crippen LogP contribution >= 0.6 is 34.7 Å². The van der Waals surface area contributed by atoms with Crippen molar-refractivity contribution in [3.63, 3.8) is 0 Å². The fraction of sp³-hybridized carbons (Fsp3) is 0.308. The summed E-state index contributed by atoms with van der Waals surface area (Å²) in [5.74, 6) is -0.295. The lowest BCUT2D eigenvalue weighted by Crippen LogP contribution is -2.36. The second-order valence-corrected chi connectivity index (χ2v) is 6.33. The molecule has 0 saturated carbocycles. The van der Waals surface area contributed by atoms with Crippen molar-refractivity contribution in [2.24, 2.45) is 0 Å². The molecular weight excluding hydrogens is 333 g/mol. The van der Waals surface area contributed by atoms with Crippen LogP contribution in [0.3, 0.4) is 0 Å². The molecule has 2 atom stereocenters. The number of benzene rings is 1. The summed E-state index contributed by atoms with van der Waals surface area (Å²) in [6.45, 7) is 0. The molecule has 0 aliphatic heterocycles. The van der Waals surface area contributed by atoms with Gasteiger partial charge in [0, 0.05) is 28.9 Å². The monoisotopic (exact) mass is 343 g/mol. The molecule has 1 amide bonds. The summed E-state index contributed by atoms with van der Waals surface area (Å²) < 4.78 is 3.68. The Kier molecular flexibility index (Phi) is 3.88. The smallest absolute Gasteiger partial charge is 0.275 e. The normalized spacial score (nSPS) is 20.4. The fourth-order valence-electron chi connectivity index (χ4n) is 2.66. The van der Waals surface area contributed by atoms with E-state index in [2.05, 4.69) is 9.59 Å². The molecule has 110 valence electrons. The van der Waals surface area contributed by atoms with E-state index < -0.39 is 12.1 Å². The summed E-state index contributed by atoms with van der Waals surface area (Å²) in [6, 6.07) is 2.89. The maximum atomic E-state index is 12.4. The van der Waals surface area contributed by atoms with Crippen molar-refractivity contribution in [3.05, 3.63) is 44.4 Å². The van der Waals surface area contributed by atoms with Crippen molar-refractivity contribution in [2.45, 2.75) is 18.6 Å². The molecule has 0 saturated heterocycles. The van der Waals surface area contributed by atoms with Gasteiger partial charge in [0.05, 0.1) is 12.1 Å². The van der Waals surface area contributed by atoms with Crippen LogP contribution in [0.4, 0.5) is 0 Å². The van der Waals surface area contributed by atoms with Gasteiger partial charge in [-0.1, -0.05) is 27.7 Å². The van der Waals surface area contributed by atoms with Crippen molar-refractivity contribution in [1.82, 2.24) is 14.5 Å². The van der Waals surface area contributed by atoms with Gasteiger partial charge in [-0.15, -0.1) is 5.10 Å². The zero-order valence-electron chi connectivity index (χ0n) is 11.0. The van der Waals surface area contributed by atoms with E-state index in [1.165, 1.54) is 4.90 Å². The third kappa shape index (κ3) is 2.53. The Labute approximate surface area is 135 Å². The van der Waals surface area contributed by atoms with Crippen molar-refractivity contribution >= 4 is 40.6 Å². The minimum Gasteiger partial charge on any atom is -0.390 e. The van der Waals surface area contributed by atoms with E-state index in [1.54, 1.807) is 24.6 Å². The highest BCUT2D eigenvalue weighted by Gasteiger charge is 2.38. The molecule has 8 heteroatoms. The summed E-state index contributed by atoms with van der Waals surface area (Å²) >= 11 is 13.3. The van der Waals surface area contributed by atoms with E-state index in [0.717, 1.165) is 22.7 Å². The zero-order chi connectivity index (χ0) is 15.1. The average Bonchev–Trinajstić information content (AvgIpc) is 3.04. The predicted molar refractivity (Wildman–Crippen MR) is 80.9 cm³/mol. The Balaban J connectivity index is 1.99. The van der Waals surface area contributed by atoms with Gasteiger partial charge < -0.3 is 10.0 Å². The van der Waals surface area contributed by atoms with Gasteiger partial charge in [0.25, 0.3) is 5.91 Å². The largest absolute Gasteiger partial charge is 0.390 e. The van der Waals surface area contributed by atoms with Gasteiger partial charge >= 0.3 is 0 Å². The number of nitrogens with zero attached hydrogens (tertiary/aromatic N) is 3. The number of carbonyl (C=O) groups is 1. The fourth-order valence-corrected chi connectivity index (χ4v) is 3.68. The van der Waals surface area contributed by atoms with Gasteiger partial charge in [-0.05, 0) is 34.8 Å². The highest BCUT2D eigenvalue weighted by atomic mass is 35.5. The van der Waals surface area contributed by atoms with Gasteiger partial charge in [-0.2, -0.15) is 0 Å². The number of likely N-dealkylation sites (N-methyl/N-ethyl adjacent to an activating group) is 1. The van der Waals surface area contributed by atoms with Crippen LogP contribution in [0.15, 0.2) is 17.5 Å². The highest BCUT2D eigenvalue weighted by Crippen LogP contribution is 2.41. The Hall–Kier alpha value is -1.21. The van der Waals surface area contributed by atoms with E-state index >= 15 is 0 Å². The number of amides is 1. The molecular formula is C13H11Cl2N3O2S. The first kappa shape index (κ1) is 14.7. The van der Waals surface area contributed by atoms with Crippen molar-refractivity contribution in [3.8, 4) is 0 Å². The molecule has 21 heavy (non-hydrogen) atoms. The topological polar surface area (TPSA) is 66.3 Å². The number of aromatic nitrogens is 2. The summed E-state index contributed by atoms with van der Waals surface area (Å²) in [7, 11) is 1.62. The molecule has 5 nitrogen and oxygen atoms in total. The molecule has 1 N–H and O–H groups in total. The minimum absolute atomic E-state index is 0.260. The molecule has 1 heterocycles. The van der Waals surface area contributed by atoms with Crippen molar-refractivity contribution in [2.75, 3.05) is 7.05 Å². The first-order chi connectivity index (χ1) is 9.99. The molecule has 2 aromatic rings. The highest BCUT2D eigenvalue weighted by molar-refractivity contribution is 7.03. The molecule has 0 radical (unpaired) electrons. The number of fused-ring (bicyclic) bond motifs is 1. The lowest BCUT2D eigenvalue weighted by atomic mass is 10.1. The molecule has 1 aliphatic carbocycles. The molecule has 2 unspecified atom stereocenters. The first-order valence-corrected chi connectivity index (χ1v) is 7.78. The van der Waals surface area contributed by atoms with Crippen LogP contribution in [0.1, 0.15) is 27.7 Å². The standard InChI is InChI=1S/C13H11Cl2N3O2S/c1-18(13(20)10-5-21-17-16-10)12-8-2-6(14)3-9(15)7(8)4-11(12)19/h2-3,5,11-12,19H,4H2,1H3. The van der Waals surface area contributed by atoms with Crippen LogP contribution < -0.4 is 0 Å². The molecule has 1 aromatic carbocycles. The van der Waals surface area contributed by atoms with E-state index in [1.807, 2.05) is 0 Å². The van der Waals surface area contributed by atoms with Crippen LogP contribution in [0.25, 0.3) is 0 Å². The zero-order valence-corrected chi connectivity index (χ0v) is 13.3. The number of aliphatic hydroxyl groups excluding tert-OH is 1. The molecule has 0 fully saturated rings. The lowest BCUT2D eigenvalue weighted by Gasteiger charge is -2.27. The van der Waals surface area contributed by atoms with E-state index in [9.17, 15) is 9.90 Å². The summed E-state index contributed by atoms with van der Waals surface area (Å²) in [5.41, 5.74) is 1.87. The van der Waals surface area contributed by atoms with Crippen molar-refractivity contribution < 1.29 is 9.90 Å². The van der Waals surface area contributed by atoms with Crippen LogP contribution in [0.5, 0.6) is 0 Å². The maximum Gasteiger partial charge on any atom is 0.275 e. The van der Waals surface area contributed by atoms with Crippen LogP contribution in [-0.2, 0) is 6.42 Å². The Morgan fingerprint density at radius 2 is 2.24 bits per heavy atom. The van der Waals surface area contributed by atoms with Gasteiger partial charge in [0.15, 0.2) is 5.69 Å². The third-order valence-electron chi connectivity index (χ3n) is 3.61. The van der Waals surface area contributed by atoms with Crippen LogP contribution in [0, 0.1) is 0 Å².